The third-order valence-electron chi connectivity index (χ3n) is 4.90. The molecule has 0 unspecified atom stereocenters. The van der Waals surface area contributed by atoms with Crippen molar-refractivity contribution in [1.82, 2.24) is 0 Å². The third kappa shape index (κ3) is 6.35. The third-order valence-corrected chi connectivity index (χ3v) is 4.90. The number of benzene rings is 2. The molecular formula is C22H33N2O+. The van der Waals surface area contributed by atoms with E-state index in [1.54, 1.807) is 0 Å². The first-order valence-electron chi connectivity index (χ1n) is 9.08. The molecule has 0 aliphatic heterocycles. The molecule has 2 rings (SSSR count). The second kappa shape index (κ2) is 10.7. The quantitative estimate of drug-likeness (QED) is 0.589. The Morgan fingerprint density at radius 3 is 1.88 bits per heavy atom. The van der Waals surface area contributed by atoms with Crippen LogP contribution in [0.4, 0.5) is 5.69 Å². The van der Waals surface area contributed by atoms with Crippen LogP contribution in [0.15, 0.2) is 48.5 Å². The van der Waals surface area contributed by atoms with Crippen LogP contribution in [0, 0.1) is 13.8 Å². The second-order valence-corrected chi connectivity index (χ2v) is 6.48. The fourth-order valence-corrected chi connectivity index (χ4v) is 3.11. The number of anilines is 1. The van der Waals surface area contributed by atoms with Crippen molar-refractivity contribution >= 4 is 12.0 Å². The van der Waals surface area contributed by atoms with Crippen LogP contribution in [0.1, 0.15) is 30.5 Å². The summed E-state index contributed by atoms with van der Waals surface area (Å²) in [4.78, 5) is 10.7. The van der Waals surface area contributed by atoms with E-state index in [2.05, 4.69) is 75.5 Å². The number of likely N-dealkylation sites (N-methyl/N-ethyl adjacent to an activating group) is 1. The summed E-state index contributed by atoms with van der Waals surface area (Å²) in [6, 6.07) is 16.7. The minimum Gasteiger partial charge on any atom is -0.388 e. The predicted octanol–water partition coefficient (Wildman–Crippen LogP) is 4.59. The molecule has 2 aromatic rings. The number of nitrogens with one attached hydrogen (secondary N) is 1. The van der Waals surface area contributed by atoms with E-state index in [1.165, 1.54) is 22.4 Å². The molecule has 25 heavy (non-hydrogen) atoms. The topological polar surface area (TPSA) is 29.1 Å². The summed E-state index contributed by atoms with van der Waals surface area (Å²) in [6.45, 7) is 12.1. The highest BCUT2D eigenvalue weighted by atomic mass is 16.1. The fraction of sp³-hybridized carbons (Fsp3) is 0.409. The summed E-state index contributed by atoms with van der Waals surface area (Å²) in [5.41, 5.74) is 5.18. The second-order valence-electron chi connectivity index (χ2n) is 6.48. The van der Waals surface area contributed by atoms with E-state index in [4.69, 9.17) is 0 Å². The molecule has 0 saturated carbocycles. The zero-order chi connectivity index (χ0) is 18.7. The number of hydrogen-bond acceptors (Lipinski definition) is 2. The van der Waals surface area contributed by atoms with Gasteiger partial charge in [0.2, 0.25) is 0 Å². The van der Waals surface area contributed by atoms with E-state index in [9.17, 15) is 4.79 Å². The molecular weight excluding hydrogens is 308 g/mol. The van der Waals surface area contributed by atoms with Gasteiger partial charge in [0, 0.05) is 18.3 Å². The van der Waals surface area contributed by atoms with Crippen molar-refractivity contribution in [3.8, 4) is 0 Å². The van der Waals surface area contributed by atoms with Crippen molar-refractivity contribution in [1.29, 1.82) is 0 Å². The number of carbonyl (C=O) groups excluding carboxylic acids is 1. The lowest BCUT2D eigenvalue weighted by Gasteiger charge is -2.35. The molecule has 2 aromatic carbocycles. The van der Waals surface area contributed by atoms with Gasteiger partial charge in [0.25, 0.3) is 0 Å². The SMILES string of the molecule is CC[N+](CC)(CC=O)Cc1ccccc1.CNc1c(C)cccc1C. The Labute approximate surface area is 153 Å². The minimum atomic E-state index is 0.613. The molecule has 0 radical (unpaired) electrons. The Morgan fingerprint density at radius 2 is 1.48 bits per heavy atom. The van der Waals surface area contributed by atoms with E-state index < -0.39 is 0 Å². The molecule has 136 valence electrons. The standard InChI is InChI=1S/C13H20NO.C9H13N/c1-3-14(4-2,10-11-15)12-13-8-6-5-7-9-13;1-7-5-4-6-8(2)9(7)10-3/h5-9,11H,3-4,10,12H2,1-2H3;4-6,10H,1-3H3/q+1;. The first-order chi connectivity index (χ1) is 12.0. The molecule has 0 aromatic heterocycles. The molecule has 0 aliphatic carbocycles. The monoisotopic (exact) mass is 341 g/mol. The number of para-hydroxylation sites is 1. The zero-order valence-corrected chi connectivity index (χ0v) is 16.4. The van der Waals surface area contributed by atoms with E-state index >= 15 is 0 Å². The number of carbonyl (C=O) groups is 1. The average molecular weight is 342 g/mol. The predicted molar refractivity (Wildman–Crippen MR) is 108 cm³/mol. The van der Waals surface area contributed by atoms with Crippen LogP contribution in [0.3, 0.4) is 0 Å². The molecule has 0 fully saturated rings. The number of nitrogens with zero attached hydrogens (tertiary/aromatic N) is 1. The molecule has 3 heteroatoms. The van der Waals surface area contributed by atoms with Crippen LogP contribution in [0.5, 0.6) is 0 Å². The van der Waals surface area contributed by atoms with Gasteiger partial charge in [-0.2, -0.15) is 0 Å². The maximum Gasteiger partial charge on any atom is 0.174 e. The van der Waals surface area contributed by atoms with Gasteiger partial charge in [0.15, 0.2) is 6.29 Å². The van der Waals surface area contributed by atoms with E-state index in [1.807, 2.05) is 13.1 Å². The number of quaternary nitrogens is 1. The van der Waals surface area contributed by atoms with Crippen LogP contribution in [-0.4, -0.2) is 37.5 Å². The Hall–Kier alpha value is -2.13. The van der Waals surface area contributed by atoms with E-state index in [0.29, 0.717) is 6.54 Å². The van der Waals surface area contributed by atoms with Crippen molar-refractivity contribution in [3.63, 3.8) is 0 Å². The van der Waals surface area contributed by atoms with Crippen LogP contribution in [-0.2, 0) is 11.3 Å². The van der Waals surface area contributed by atoms with E-state index in [-0.39, 0.29) is 0 Å². The number of aryl methyl sites for hydroxylation is 2. The van der Waals surface area contributed by atoms with Gasteiger partial charge in [-0.3, -0.25) is 4.79 Å². The summed E-state index contributed by atoms with van der Waals surface area (Å²) in [7, 11) is 1.95. The Bertz CT molecular complexity index is 613. The molecule has 1 N–H and O–H groups in total. The van der Waals surface area contributed by atoms with Gasteiger partial charge in [0.1, 0.15) is 13.1 Å². The highest BCUT2D eigenvalue weighted by molar-refractivity contribution is 5.55. The summed E-state index contributed by atoms with van der Waals surface area (Å²) < 4.78 is 0.855. The van der Waals surface area contributed by atoms with E-state index in [0.717, 1.165) is 30.4 Å². The minimum absolute atomic E-state index is 0.613. The van der Waals surface area contributed by atoms with Gasteiger partial charge in [0.05, 0.1) is 13.1 Å². The van der Waals surface area contributed by atoms with Crippen molar-refractivity contribution in [3.05, 3.63) is 65.2 Å². The molecule has 0 saturated heterocycles. The van der Waals surface area contributed by atoms with Crippen molar-refractivity contribution in [2.45, 2.75) is 34.2 Å². The average Bonchev–Trinajstić information content (AvgIpc) is 2.63. The highest BCUT2D eigenvalue weighted by Crippen LogP contribution is 2.17. The lowest BCUT2D eigenvalue weighted by atomic mass is 10.1. The zero-order valence-electron chi connectivity index (χ0n) is 16.4. The van der Waals surface area contributed by atoms with Gasteiger partial charge < -0.3 is 9.80 Å². The summed E-state index contributed by atoms with van der Waals surface area (Å²) in [5, 5.41) is 3.16. The Kier molecular flexibility index (Phi) is 8.93. The summed E-state index contributed by atoms with van der Waals surface area (Å²) in [6.07, 6.45) is 1.04. The number of rotatable bonds is 7. The molecule has 0 spiro atoms. The van der Waals surface area contributed by atoms with Gasteiger partial charge in [-0.05, 0) is 38.8 Å². The van der Waals surface area contributed by atoms with Crippen LogP contribution >= 0.6 is 0 Å². The lowest BCUT2D eigenvalue weighted by molar-refractivity contribution is -0.929. The summed E-state index contributed by atoms with van der Waals surface area (Å²) >= 11 is 0. The van der Waals surface area contributed by atoms with Crippen molar-refractivity contribution < 1.29 is 9.28 Å². The van der Waals surface area contributed by atoms with Crippen LogP contribution < -0.4 is 5.32 Å². The van der Waals surface area contributed by atoms with Gasteiger partial charge >= 0.3 is 0 Å². The first-order valence-corrected chi connectivity index (χ1v) is 9.08. The Morgan fingerprint density at radius 1 is 0.920 bits per heavy atom. The van der Waals surface area contributed by atoms with Crippen LogP contribution in [0.2, 0.25) is 0 Å². The fourth-order valence-electron chi connectivity index (χ4n) is 3.11. The number of hydrogen-bond donors (Lipinski definition) is 1. The van der Waals surface area contributed by atoms with Crippen LogP contribution in [0.25, 0.3) is 0 Å². The molecule has 3 nitrogen and oxygen atoms in total. The molecule has 0 aliphatic rings. The van der Waals surface area contributed by atoms with Gasteiger partial charge in [-0.25, -0.2) is 0 Å². The maximum absolute atomic E-state index is 10.7. The summed E-state index contributed by atoms with van der Waals surface area (Å²) in [5.74, 6) is 0. The van der Waals surface area contributed by atoms with Gasteiger partial charge in [-0.15, -0.1) is 0 Å². The van der Waals surface area contributed by atoms with Crippen molar-refractivity contribution in [2.75, 3.05) is 32.0 Å². The molecule has 0 amide bonds. The highest BCUT2D eigenvalue weighted by Gasteiger charge is 2.22. The molecule has 0 heterocycles. The normalized spacial score (nSPS) is 10.6. The first kappa shape index (κ1) is 20.9. The largest absolute Gasteiger partial charge is 0.388 e. The smallest absolute Gasteiger partial charge is 0.174 e. The maximum atomic E-state index is 10.7. The lowest BCUT2D eigenvalue weighted by Crippen LogP contribution is -2.48. The Balaban J connectivity index is 0.000000271. The molecule has 0 atom stereocenters. The molecule has 0 bridgehead atoms. The van der Waals surface area contributed by atoms with Crippen molar-refractivity contribution in [2.24, 2.45) is 0 Å². The number of aldehydes is 1. The van der Waals surface area contributed by atoms with Gasteiger partial charge in [-0.1, -0.05) is 48.5 Å².